The van der Waals surface area contributed by atoms with Gasteiger partial charge in [0.2, 0.25) is 5.95 Å². The Morgan fingerprint density at radius 1 is 1.57 bits per heavy atom. The van der Waals surface area contributed by atoms with Crippen molar-refractivity contribution in [3.8, 4) is 0 Å². The summed E-state index contributed by atoms with van der Waals surface area (Å²) in [6, 6.07) is 2.49. The Morgan fingerprint density at radius 3 is 3.07 bits per heavy atom. The minimum absolute atomic E-state index is 0.339. The predicted molar refractivity (Wildman–Crippen MR) is 59.9 cm³/mol. The third-order valence-electron chi connectivity index (χ3n) is 2.34. The Kier molecular flexibility index (Phi) is 2.54. The summed E-state index contributed by atoms with van der Waals surface area (Å²) < 4.78 is 2.13. The first-order valence-corrected chi connectivity index (χ1v) is 5.50. The van der Waals surface area contributed by atoms with Crippen molar-refractivity contribution in [2.75, 3.05) is 12.4 Å². The maximum atomic E-state index is 4.22. The van der Waals surface area contributed by atoms with Gasteiger partial charge in [-0.05, 0) is 29.3 Å². The number of hydrogen-bond acceptors (Lipinski definition) is 3. The highest BCUT2D eigenvalue weighted by atomic mass is 32.1. The normalized spacial score (nSPS) is 12.7. The van der Waals surface area contributed by atoms with Crippen molar-refractivity contribution in [2.24, 2.45) is 0 Å². The molecule has 0 fully saturated rings. The van der Waals surface area contributed by atoms with E-state index in [0.29, 0.717) is 6.04 Å². The van der Waals surface area contributed by atoms with Crippen molar-refractivity contribution in [1.82, 2.24) is 9.55 Å². The van der Waals surface area contributed by atoms with Crippen LogP contribution in [-0.4, -0.2) is 16.6 Å². The van der Waals surface area contributed by atoms with E-state index in [1.165, 1.54) is 5.56 Å². The second kappa shape index (κ2) is 3.84. The zero-order valence-electron chi connectivity index (χ0n) is 8.27. The number of hydrogen-bond donors (Lipinski definition) is 1. The van der Waals surface area contributed by atoms with Gasteiger partial charge >= 0.3 is 0 Å². The average molecular weight is 207 g/mol. The minimum atomic E-state index is 0.339. The van der Waals surface area contributed by atoms with Crippen molar-refractivity contribution in [3.63, 3.8) is 0 Å². The summed E-state index contributed by atoms with van der Waals surface area (Å²) in [5.41, 5.74) is 1.32. The summed E-state index contributed by atoms with van der Waals surface area (Å²) in [7, 11) is 1.89. The Labute approximate surface area is 87.4 Å². The molecule has 0 aliphatic rings. The van der Waals surface area contributed by atoms with Gasteiger partial charge in [0.1, 0.15) is 0 Å². The lowest BCUT2D eigenvalue weighted by molar-refractivity contribution is 0.648. The Hall–Kier alpha value is -1.29. The molecule has 4 heteroatoms. The molecule has 2 rings (SSSR count). The van der Waals surface area contributed by atoms with Crippen LogP contribution in [0.25, 0.3) is 0 Å². The van der Waals surface area contributed by atoms with Crippen LogP contribution in [0.2, 0.25) is 0 Å². The number of aromatic nitrogens is 2. The van der Waals surface area contributed by atoms with Gasteiger partial charge in [-0.2, -0.15) is 11.3 Å². The van der Waals surface area contributed by atoms with Gasteiger partial charge in [0, 0.05) is 19.4 Å². The number of imidazole rings is 1. The first-order chi connectivity index (χ1) is 6.83. The van der Waals surface area contributed by atoms with Gasteiger partial charge in [0.05, 0.1) is 6.04 Å². The summed E-state index contributed by atoms with van der Waals surface area (Å²) in [5.74, 6) is 0.906. The molecule has 1 N–H and O–H groups in total. The molecule has 2 heterocycles. The molecule has 0 aliphatic heterocycles. The van der Waals surface area contributed by atoms with Crippen LogP contribution in [0.1, 0.15) is 18.5 Å². The van der Waals surface area contributed by atoms with Crippen LogP contribution >= 0.6 is 11.3 Å². The van der Waals surface area contributed by atoms with Crippen molar-refractivity contribution in [2.45, 2.75) is 13.0 Å². The van der Waals surface area contributed by atoms with Gasteiger partial charge in [-0.25, -0.2) is 4.98 Å². The summed E-state index contributed by atoms with van der Waals surface area (Å²) >= 11 is 1.72. The molecular weight excluding hydrogens is 194 g/mol. The topological polar surface area (TPSA) is 29.9 Å². The smallest absolute Gasteiger partial charge is 0.203 e. The van der Waals surface area contributed by atoms with Gasteiger partial charge in [0.25, 0.3) is 0 Å². The summed E-state index contributed by atoms with van der Waals surface area (Å²) in [4.78, 5) is 4.22. The highest BCUT2D eigenvalue weighted by Crippen LogP contribution is 2.22. The number of nitrogens with one attached hydrogen (secondary N) is 1. The zero-order chi connectivity index (χ0) is 9.97. The van der Waals surface area contributed by atoms with E-state index in [2.05, 4.69) is 38.6 Å². The summed E-state index contributed by atoms with van der Waals surface area (Å²) in [6.45, 7) is 2.17. The zero-order valence-corrected chi connectivity index (χ0v) is 9.08. The van der Waals surface area contributed by atoms with Gasteiger partial charge in [-0.1, -0.05) is 0 Å². The highest BCUT2D eigenvalue weighted by molar-refractivity contribution is 7.07. The molecule has 0 bridgehead atoms. The third kappa shape index (κ3) is 1.53. The summed E-state index contributed by atoms with van der Waals surface area (Å²) in [5, 5.41) is 7.34. The van der Waals surface area contributed by atoms with E-state index in [9.17, 15) is 0 Å². The number of nitrogens with zero attached hydrogens (tertiary/aromatic N) is 2. The molecule has 3 nitrogen and oxygen atoms in total. The molecular formula is C10H13N3S. The van der Waals surface area contributed by atoms with Crippen LogP contribution in [0.4, 0.5) is 5.95 Å². The van der Waals surface area contributed by atoms with Crippen LogP contribution in [0.3, 0.4) is 0 Å². The van der Waals surface area contributed by atoms with E-state index >= 15 is 0 Å². The molecule has 0 aromatic carbocycles. The molecule has 1 atom stereocenters. The lowest BCUT2D eigenvalue weighted by Gasteiger charge is -2.14. The van der Waals surface area contributed by atoms with E-state index in [0.717, 1.165) is 5.95 Å². The molecule has 0 amide bonds. The average Bonchev–Trinajstić information content (AvgIpc) is 2.87. The lowest BCUT2D eigenvalue weighted by Crippen LogP contribution is -2.08. The molecule has 74 valence electrons. The van der Waals surface area contributed by atoms with Crippen LogP contribution in [0, 0.1) is 0 Å². The SMILES string of the molecule is CNc1nccn1C(C)c1ccsc1. The fourth-order valence-electron chi connectivity index (χ4n) is 1.49. The standard InChI is InChI=1S/C10H13N3S/c1-8(9-3-6-14-7-9)13-5-4-12-10(13)11-2/h3-8H,1-2H3,(H,11,12). The van der Waals surface area contributed by atoms with Crippen molar-refractivity contribution in [3.05, 3.63) is 34.8 Å². The van der Waals surface area contributed by atoms with E-state index in [4.69, 9.17) is 0 Å². The van der Waals surface area contributed by atoms with Crippen molar-refractivity contribution < 1.29 is 0 Å². The van der Waals surface area contributed by atoms with Gasteiger partial charge in [0.15, 0.2) is 0 Å². The maximum Gasteiger partial charge on any atom is 0.203 e. The second-order valence-electron chi connectivity index (χ2n) is 3.14. The lowest BCUT2D eigenvalue weighted by atomic mass is 10.2. The number of thiophene rings is 1. The Morgan fingerprint density at radius 2 is 2.43 bits per heavy atom. The minimum Gasteiger partial charge on any atom is -0.359 e. The first kappa shape index (κ1) is 9.27. The fourth-order valence-corrected chi connectivity index (χ4v) is 2.24. The van der Waals surface area contributed by atoms with Crippen LogP contribution in [0.15, 0.2) is 29.2 Å². The Bertz CT molecular complexity index is 391. The monoisotopic (exact) mass is 207 g/mol. The molecule has 0 radical (unpaired) electrons. The highest BCUT2D eigenvalue weighted by Gasteiger charge is 2.10. The quantitative estimate of drug-likeness (QED) is 0.838. The van der Waals surface area contributed by atoms with E-state index in [-0.39, 0.29) is 0 Å². The van der Waals surface area contributed by atoms with Gasteiger partial charge < -0.3 is 9.88 Å². The largest absolute Gasteiger partial charge is 0.359 e. The summed E-state index contributed by atoms with van der Waals surface area (Å²) in [6.07, 6.45) is 3.81. The van der Waals surface area contributed by atoms with E-state index in [1.807, 2.05) is 19.4 Å². The van der Waals surface area contributed by atoms with Crippen molar-refractivity contribution in [1.29, 1.82) is 0 Å². The van der Waals surface area contributed by atoms with E-state index in [1.54, 1.807) is 11.3 Å². The van der Waals surface area contributed by atoms with Crippen LogP contribution in [0.5, 0.6) is 0 Å². The predicted octanol–water partition coefficient (Wildman–Crippen LogP) is 2.60. The molecule has 0 aliphatic carbocycles. The fraction of sp³-hybridized carbons (Fsp3) is 0.300. The second-order valence-corrected chi connectivity index (χ2v) is 3.92. The van der Waals surface area contributed by atoms with Gasteiger partial charge in [-0.3, -0.25) is 0 Å². The van der Waals surface area contributed by atoms with Crippen molar-refractivity contribution >= 4 is 17.3 Å². The molecule has 1 unspecified atom stereocenters. The molecule has 0 spiro atoms. The first-order valence-electron chi connectivity index (χ1n) is 4.55. The van der Waals surface area contributed by atoms with E-state index < -0.39 is 0 Å². The van der Waals surface area contributed by atoms with Crippen LogP contribution < -0.4 is 5.32 Å². The molecule has 2 aromatic heterocycles. The molecule has 0 saturated carbocycles. The number of anilines is 1. The Balaban J connectivity index is 2.31. The van der Waals surface area contributed by atoms with Crippen LogP contribution in [-0.2, 0) is 0 Å². The van der Waals surface area contributed by atoms with Gasteiger partial charge in [-0.15, -0.1) is 0 Å². The number of rotatable bonds is 3. The maximum absolute atomic E-state index is 4.22. The molecule has 2 aromatic rings. The molecule has 14 heavy (non-hydrogen) atoms. The third-order valence-corrected chi connectivity index (χ3v) is 3.04. The molecule has 0 saturated heterocycles.